The van der Waals surface area contributed by atoms with Gasteiger partial charge < -0.3 is 9.80 Å². The molecule has 2 fully saturated rings. The van der Waals surface area contributed by atoms with E-state index < -0.39 is 74.2 Å². The summed E-state index contributed by atoms with van der Waals surface area (Å²) in [6.07, 6.45) is -9.66. The predicted octanol–water partition coefficient (Wildman–Crippen LogP) is 5.80. The Labute approximate surface area is 262 Å². The Kier molecular flexibility index (Phi) is 10.0. The minimum absolute atomic E-state index is 0.0160. The van der Waals surface area contributed by atoms with Gasteiger partial charge in [0, 0.05) is 57.8 Å². The number of carbonyl (C=O) groups excluding carboxylic acids is 2. The summed E-state index contributed by atoms with van der Waals surface area (Å²) < 4.78 is 121. The third-order valence-corrected chi connectivity index (χ3v) is 11.0. The van der Waals surface area contributed by atoms with Crippen LogP contribution in [-0.4, -0.2) is 86.0 Å². The minimum Gasteiger partial charge on any atom is -0.340 e. The van der Waals surface area contributed by atoms with Crippen LogP contribution in [0, 0.1) is 11.7 Å². The van der Waals surface area contributed by atoms with Crippen LogP contribution in [-0.2, 0) is 27.2 Å². The molecular weight excluding hydrogens is 645 g/mol. The molecule has 4 rings (SSSR count). The molecule has 0 N–H and O–H groups in total. The maximum absolute atomic E-state index is 13.8. The topological polar surface area (TPSA) is 81.2 Å². The van der Waals surface area contributed by atoms with Crippen LogP contribution in [0.1, 0.15) is 49.3 Å². The van der Waals surface area contributed by atoms with E-state index in [1.54, 1.807) is 13.8 Å². The number of likely N-dealkylation sites (tertiary alicyclic amines) is 1. The van der Waals surface area contributed by atoms with Gasteiger partial charge in [-0.25, -0.2) is 21.9 Å². The van der Waals surface area contributed by atoms with Crippen LogP contribution in [0.5, 0.6) is 0 Å². The van der Waals surface area contributed by atoms with Crippen molar-refractivity contribution in [2.75, 3.05) is 45.2 Å². The number of rotatable bonds is 6. The molecule has 2 unspecified atom stereocenters. The summed E-state index contributed by atoms with van der Waals surface area (Å²) in [5, 5.41) is -0.613. The smallest absolute Gasteiger partial charge is 0.340 e. The first kappa shape index (κ1) is 35.5. The van der Waals surface area contributed by atoms with Crippen molar-refractivity contribution < 1.29 is 48.7 Å². The lowest BCUT2D eigenvalue weighted by molar-refractivity contribution is -0.143. The van der Waals surface area contributed by atoms with Crippen LogP contribution in [0.25, 0.3) is 0 Å². The molecule has 2 atom stereocenters. The van der Waals surface area contributed by atoms with Gasteiger partial charge in [0.1, 0.15) is 5.82 Å². The molecule has 46 heavy (non-hydrogen) atoms. The summed E-state index contributed by atoms with van der Waals surface area (Å²) in [5.74, 6) is -1.86. The van der Waals surface area contributed by atoms with Crippen LogP contribution < -0.4 is 4.90 Å². The lowest BCUT2D eigenvalue weighted by atomic mass is 9.93. The van der Waals surface area contributed by atoms with Crippen molar-refractivity contribution in [1.29, 1.82) is 0 Å². The molecule has 0 spiro atoms. The SMILES string of the molecule is CC(C)S(=O)(=O)N1CCC(C(=O)N2CC(c3ccc(F)cc3)C(N(C)C(=O)N(C)c3cc(C(F)(F)F)cc(C(F)(F)F)c3)C2)CC1. The first-order valence-electron chi connectivity index (χ1n) is 14.5. The molecule has 2 aromatic carbocycles. The van der Waals surface area contributed by atoms with E-state index in [-0.39, 0.29) is 51.0 Å². The molecule has 0 aromatic heterocycles. The van der Waals surface area contributed by atoms with Gasteiger partial charge >= 0.3 is 18.4 Å². The molecule has 0 aliphatic carbocycles. The van der Waals surface area contributed by atoms with Crippen molar-refractivity contribution in [3.05, 3.63) is 65.0 Å². The molecule has 254 valence electrons. The summed E-state index contributed by atoms with van der Waals surface area (Å²) in [4.78, 5) is 30.6. The fourth-order valence-electron chi connectivity index (χ4n) is 5.93. The first-order chi connectivity index (χ1) is 21.2. The van der Waals surface area contributed by atoms with Crippen molar-refractivity contribution >= 4 is 27.6 Å². The van der Waals surface area contributed by atoms with Crippen LogP contribution in [0.4, 0.5) is 41.2 Å². The fourth-order valence-corrected chi connectivity index (χ4v) is 7.25. The van der Waals surface area contributed by atoms with Crippen molar-refractivity contribution in [2.45, 2.75) is 56.3 Å². The van der Waals surface area contributed by atoms with E-state index in [0.29, 0.717) is 22.6 Å². The van der Waals surface area contributed by atoms with Gasteiger partial charge in [0.05, 0.1) is 22.4 Å². The van der Waals surface area contributed by atoms with E-state index in [9.17, 15) is 48.7 Å². The Balaban J connectivity index is 1.59. The maximum atomic E-state index is 13.8. The van der Waals surface area contributed by atoms with Gasteiger partial charge in [-0.3, -0.25) is 9.69 Å². The number of amides is 3. The number of urea groups is 1. The van der Waals surface area contributed by atoms with Crippen LogP contribution in [0.15, 0.2) is 42.5 Å². The average molecular weight is 681 g/mol. The number of benzene rings is 2. The quantitative estimate of drug-likeness (QED) is 0.362. The number of sulfonamides is 1. The number of hydrogen-bond acceptors (Lipinski definition) is 4. The second-order valence-electron chi connectivity index (χ2n) is 12.0. The van der Waals surface area contributed by atoms with E-state index in [4.69, 9.17) is 0 Å². The minimum atomic E-state index is -5.11. The molecule has 8 nitrogen and oxygen atoms in total. The monoisotopic (exact) mass is 680 g/mol. The fraction of sp³-hybridized carbons (Fsp3) is 0.533. The van der Waals surface area contributed by atoms with Gasteiger partial charge in [-0.05, 0) is 62.6 Å². The first-order valence-corrected chi connectivity index (χ1v) is 16.0. The number of nitrogens with zero attached hydrogens (tertiary/aromatic N) is 4. The Morgan fingerprint density at radius 1 is 0.870 bits per heavy atom. The molecule has 2 aliphatic heterocycles. The lowest BCUT2D eigenvalue weighted by Crippen LogP contribution is -2.48. The van der Waals surface area contributed by atoms with E-state index in [2.05, 4.69) is 0 Å². The zero-order valence-corrected chi connectivity index (χ0v) is 26.4. The summed E-state index contributed by atoms with van der Waals surface area (Å²) in [5.41, 5.74) is -3.21. The zero-order chi connectivity index (χ0) is 34.4. The Bertz CT molecular complexity index is 1510. The number of piperidine rings is 1. The van der Waals surface area contributed by atoms with E-state index in [0.717, 1.165) is 11.9 Å². The number of halogens is 7. The second kappa shape index (κ2) is 13.0. The standard InChI is InChI=1S/C30H35F7N4O4S/c1-18(2)46(44,45)41-11-9-20(10-12-41)27(42)40-16-25(19-5-7-23(31)8-6-19)26(17-40)39(4)28(43)38(3)24-14-21(29(32,33)34)13-22(15-24)30(35,36)37/h5-8,13-15,18,20,25-26H,9-12,16-17H2,1-4H3. The molecule has 2 aromatic rings. The van der Waals surface area contributed by atoms with E-state index >= 15 is 0 Å². The second-order valence-corrected chi connectivity index (χ2v) is 14.4. The van der Waals surface area contributed by atoms with Crippen molar-refractivity contribution in [3.63, 3.8) is 0 Å². The van der Waals surface area contributed by atoms with Crippen molar-refractivity contribution in [2.24, 2.45) is 5.92 Å². The highest BCUT2D eigenvalue weighted by atomic mass is 32.2. The Hall–Kier alpha value is -3.40. The highest BCUT2D eigenvalue weighted by molar-refractivity contribution is 7.89. The number of hydrogen-bond donors (Lipinski definition) is 0. The molecule has 0 bridgehead atoms. The van der Waals surface area contributed by atoms with Gasteiger partial charge in [0.2, 0.25) is 15.9 Å². The zero-order valence-electron chi connectivity index (χ0n) is 25.6. The van der Waals surface area contributed by atoms with Crippen LogP contribution in [0.2, 0.25) is 0 Å². The molecule has 2 aliphatic rings. The molecule has 3 amide bonds. The predicted molar refractivity (Wildman–Crippen MR) is 156 cm³/mol. The number of carbonyl (C=O) groups is 2. The lowest BCUT2D eigenvalue weighted by Gasteiger charge is -2.34. The number of anilines is 1. The van der Waals surface area contributed by atoms with Gasteiger partial charge in [0.15, 0.2) is 0 Å². The van der Waals surface area contributed by atoms with Gasteiger partial charge in [-0.1, -0.05) is 12.1 Å². The Morgan fingerprint density at radius 2 is 1.39 bits per heavy atom. The summed E-state index contributed by atoms with van der Waals surface area (Å²) in [7, 11) is -1.11. The van der Waals surface area contributed by atoms with Gasteiger partial charge in [0.25, 0.3) is 0 Å². The Morgan fingerprint density at radius 3 is 1.87 bits per heavy atom. The molecule has 0 saturated carbocycles. The average Bonchev–Trinajstić information content (AvgIpc) is 3.44. The highest BCUT2D eigenvalue weighted by Crippen LogP contribution is 2.39. The van der Waals surface area contributed by atoms with E-state index in [1.807, 2.05) is 0 Å². The number of alkyl halides is 6. The maximum Gasteiger partial charge on any atom is 0.416 e. The van der Waals surface area contributed by atoms with Crippen LogP contribution >= 0.6 is 0 Å². The van der Waals surface area contributed by atoms with Crippen LogP contribution in [0.3, 0.4) is 0 Å². The van der Waals surface area contributed by atoms with Crippen molar-refractivity contribution in [1.82, 2.24) is 14.1 Å². The summed E-state index contributed by atoms with van der Waals surface area (Å²) >= 11 is 0. The van der Waals surface area contributed by atoms with Crippen molar-refractivity contribution in [3.8, 4) is 0 Å². The molecular formula is C30H35F7N4O4S. The molecule has 0 radical (unpaired) electrons. The third-order valence-electron chi connectivity index (χ3n) is 8.70. The van der Waals surface area contributed by atoms with Gasteiger partial charge in [-0.15, -0.1) is 0 Å². The largest absolute Gasteiger partial charge is 0.416 e. The summed E-state index contributed by atoms with van der Waals surface area (Å²) in [6, 6.07) is 4.56. The third kappa shape index (κ3) is 7.42. The number of likely N-dealkylation sites (N-methyl/N-ethyl adjacent to an activating group) is 1. The molecule has 2 heterocycles. The highest BCUT2D eigenvalue weighted by Gasteiger charge is 2.44. The summed E-state index contributed by atoms with van der Waals surface area (Å²) in [6.45, 7) is 3.56. The molecule has 16 heteroatoms. The van der Waals surface area contributed by atoms with E-state index in [1.165, 1.54) is 40.5 Å². The normalized spacial score (nSPS) is 20.3. The van der Waals surface area contributed by atoms with Gasteiger partial charge in [-0.2, -0.15) is 26.3 Å². The molecule has 2 saturated heterocycles.